The molecule has 0 saturated carbocycles. The Balaban J connectivity index is 1.47. The lowest BCUT2D eigenvalue weighted by atomic mass is 9.91. The van der Waals surface area contributed by atoms with Crippen molar-refractivity contribution in [1.82, 2.24) is 0 Å². The van der Waals surface area contributed by atoms with E-state index in [1.807, 2.05) is 13.8 Å². The first kappa shape index (κ1) is 34.5. The predicted molar refractivity (Wildman–Crippen MR) is 155 cm³/mol. The largest absolute Gasteiger partial charge is 0.490 e. The highest BCUT2D eigenvalue weighted by Crippen LogP contribution is 2.38. The Labute approximate surface area is 257 Å². The highest BCUT2D eigenvalue weighted by molar-refractivity contribution is 5.73. The normalized spacial score (nSPS) is 17.0. The van der Waals surface area contributed by atoms with Gasteiger partial charge in [0.05, 0.1) is 12.7 Å². The van der Waals surface area contributed by atoms with Gasteiger partial charge in [-0.3, -0.25) is 0 Å². The Kier molecular flexibility index (Phi) is 11.7. The minimum atomic E-state index is -3.35. The maximum absolute atomic E-state index is 15.1. The van der Waals surface area contributed by atoms with Crippen molar-refractivity contribution in [2.24, 2.45) is 5.92 Å². The van der Waals surface area contributed by atoms with Crippen LogP contribution in [0.1, 0.15) is 65.2 Å². The number of hydrogen-bond donors (Lipinski definition) is 0. The van der Waals surface area contributed by atoms with Gasteiger partial charge in [0.2, 0.25) is 11.6 Å². The van der Waals surface area contributed by atoms with Crippen LogP contribution in [0.15, 0.2) is 36.4 Å². The summed E-state index contributed by atoms with van der Waals surface area (Å²) in [6.07, 6.45) is 4.84. The molecule has 2 atom stereocenters. The SMILES string of the molecule is CCCCCOc1ccc(-c2ccc(-c3ccc(OCC(F)(F)CC4CCC(CCC)OC4)c(F)c3F)c(F)c2F)c(F)c1F. The number of alkyl halides is 2. The van der Waals surface area contributed by atoms with Crippen molar-refractivity contribution in [1.29, 1.82) is 0 Å². The van der Waals surface area contributed by atoms with E-state index in [1.54, 1.807) is 0 Å². The third-order valence-corrected chi connectivity index (χ3v) is 7.86. The Bertz CT molecular complexity index is 1450. The molecular weight excluding hydrogens is 608 g/mol. The fourth-order valence-corrected chi connectivity index (χ4v) is 5.44. The van der Waals surface area contributed by atoms with Gasteiger partial charge in [0.25, 0.3) is 5.92 Å². The molecule has 0 bridgehead atoms. The molecule has 1 heterocycles. The monoisotopic (exact) mass is 644 g/mol. The first-order chi connectivity index (χ1) is 21.5. The zero-order valence-electron chi connectivity index (χ0n) is 25.1. The summed E-state index contributed by atoms with van der Waals surface area (Å²) in [4.78, 5) is 0. The summed E-state index contributed by atoms with van der Waals surface area (Å²) in [6, 6.07) is 5.59. The van der Waals surface area contributed by atoms with Gasteiger partial charge < -0.3 is 14.2 Å². The molecule has 1 saturated heterocycles. The van der Waals surface area contributed by atoms with E-state index < -0.39 is 87.8 Å². The first-order valence-electron chi connectivity index (χ1n) is 15.2. The van der Waals surface area contributed by atoms with Crippen molar-refractivity contribution < 1.29 is 49.3 Å². The van der Waals surface area contributed by atoms with Crippen molar-refractivity contribution in [3.05, 3.63) is 71.3 Å². The second-order valence-corrected chi connectivity index (χ2v) is 11.4. The number of unbranched alkanes of at least 4 members (excludes halogenated alkanes) is 2. The van der Waals surface area contributed by atoms with Crippen LogP contribution in [0.3, 0.4) is 0 Å². The van der Waals surface area contributed by atoms with Crippen LogP contribution >= 0.6 is 0 Å². The molecule has 0 N–H and O–H groups in total. The number of hydrogen-bond acceptors (Lipinski definition) is 3. The molecule has 45 heavy (non-hydrogen) atoms. The van der Waals surface area contributed by atoms with Gasteiger partial charge in [-0.1, -0.05) is 45.2 Å². The van der Waals surface area contributed by atoms with Crippen LogP contribution in [0.4, 0.5) is 35.1 Å². The standard InChI is InChI=1S/C34H36F8O3/c1-3-5-6-16-43-26-14-12-24(30(37)32(26)39)22-10-11-23(29(36)28(22)35)25-13-15-27(33(40)31(25)38)45-19-34(41,42)17-20-8-9-21(7-4-2)44-18-20/h10-15,20-21H,3-9,16-19H2,1-2H3. The first-order valence-corrected chi connectivity index (χ1v) is 15.2. The van der Waals surface area contributed by atoms with E-state index in [4.69, 9.17) is 14.2 Å². The van der Waals surface area contributed by atoms with Crippen LogP contribution in [-0.2, 0) is 4.74 Å². The fraction of sp³-hybridized carbons (Fsp3) is 0.471. The number of halogens is 8. The summed E-state index contributed by atoms with van der Waals surface area (Å²) in [6.45, 7) is 3.08. The Morgan fingerprint density at radius 1 is 0.667 bits per heavy atom. The van der Waals surface area contributed by atoms with E-state index in [0.717, 1.165) is 62.1 Å². The van der Waals surface area contributed by atoms with Crippen LogP contribution in [0.2, 0.25) is 0 Å². The van der Waals surface area contributed by atoms with Gasteiger partial charge in [0.1, 0.15) is 0 Å². The third-order valence-electron chi connectivity index (χ3n) is 7.86. The van der Waals surface area contributed by atoms with Gasteiger partial charge >= 0.3 is 0 Å². The summed E-state index contributed by atoms with van der Waals surface area (Å²) >= 11 is 0. The summed E-state index contributed by atoms with van der Waals surface area (Å²) in [7, 11) is 0. The van der Waals surface area contributed by atoms with Crippen LogP contribution in [0.25, 0.3) is 22.3 Å². The van der Waals surface area contributed by atoms with E-state index in [0.29, 0.717) is 19.3 Å². The maximum Gasteiger partial charge on any atom is 0.281 e. The predicted octanol–water partition coefficient (Wildman–Crippen LogP) is 10.4. The Morgan fingerprint density at radius 3 is 1.67 bits per heavy atom. The summed E-state index contributed by atoms with van der Waals surface area (Å²) < 4.78 is 135. The van der Waals surface area contributed by atoms with Crippen molar-refractivity contribution >= 4 is 0 Å². The number of ether oxygens (including phenoxy) is 3. The average molecular weight is 645 g/mol. The van der Waals surface area contributed by atoms with Gasteiger partial charge in [-0.05, 0) is 55.9 Å². The smallest absolute Gasteiger partial charge is 0.281 e. The maximum atomic E-state index is 15.1. The lowest BCUT2D eigenvalue weighted by Gasteiger charge is -2.31. The van der Waals surface area contributed by atoms with E-state index in [9.17, 15) is 22.0 Å². The highest BCUT2D eigenvalue weighted by atomic mass is 19.3. The van der Waals surface area contributed by atoms with E-state index in [1.165, 1.54) is 0 Å². The molecule has 1 aliphatic heterocycles. The molecule has 4 rings (SSSR count). The van der Waals surface area contributed by atoms with E-state index in [-0.39, 0.29) is 25.1 Å². The summed E-state index contributed by atoms with van der Waals surface area (Å²) in [5.74, 6) is -14.4. The Hall–Kier alpha value is -3.34. The van der Waals surface area contributed by atoms with Crippen molar-refractivity contribution in [2.45, 2.75) is 77.2 Å². The average Bonchev–Trinajstić information content (AvgIpc) is 3.01. The molecule has 246 valence electrons. The molecule has 0 aromatic heterocycles. The van der Waals surface area contributed by atoms with Crippen LogP contribution < -0.4 is 9.47 Å². The second kappa shape index (κ2) is 15.3. The van der Waals surface area contributed by atoms with Crippen LogP contribution in [-0.4, -0.2) is 31.8 Å². The van der Waals surface area contributed by atoms with Gasteiger partial charge in [-0.15, -0.1) is 0 Å². The fourth-order valence-electron chi connectivity index (χ4n) is 5.44. The number of benzene rings is 3. The lowest BCUT2D eigenvalue weighted by molar-refractivity contribution is -0.0907. The van der Waals surface area contributed by atoms with Crippen molar-refractivity contribution in [2.75, 3.05) is 19.8 Å². The molecule has 0 spiro atoms. The van der Waals surface area contributed by atoms with Gasteiger partial charge in [0.15, 0.2) is 41.4 Å². The quantitative estimate of drug-likeness (QED) is 0.129. The van der Waals surface area contributed by atoms with Gasteiger partial charge in [0, 0.05) is 35.3 Å². The molecule has 1 fully saturated rings. The minimum Gasteiger partial charge on any atom is -0.490 e. The summed E-state index contributed by atoms with van der Waals surface area (Å²) in [5, 5.41) is 0. The zero-order valence-corrected chi connectivity index (χ0v) is 25.1. The molecule has 11 heteroatoms. The van der Waals surface area contributed by atoms with Gasteiger partial charge in [-0.25, -0.2) is 26.3 Å². The Morgan fingerprint density at radius 2 is 1.18 bits per heavy atom. The van der Waals surface area contributed by atoms with Gasteiger partial charge in [-0.2, -0.15) is 8.78 Å². The lowest BCUT2D eigenvalue weighted by Crippen LogP contribution is -2.34. The highest BCUT2D eigenvalue weighted by Gasteiger charge is 2.36. The minimum absolute atomic E-state index is 0.0527. The van der Waals surface area contributed by atoms with Crippen LogP contribution in [0, 0.1) is 40.8 Å². The molecular formula is C34H36F8O3. The zero-order chi connectivity index (χ0) is 32.7. The topological polar surface area (TPSA) is 27.7 Å². The molecule has 1 aliphatic rings. The second-order valence-electron chi connectivity index (χ2n) is 11.4. The number of rotatable bonds is 14. The van der Waals surface area contributed by atoms with E-state index >= 15 is 13.2 Å². The molecule has 0 aliphatic carbocycles. The molecule has 3 aromatic rings. The molecule has 0 radical (unpaired) electrons. The van der Waals surface area contributed by atoms with Crippen LogP contribution in [0.5, 0.6) is 11.5 Å². The molecule has 0 amide bonds. The summed E-state index contributed by atoms with van der Waals surface area (Å²) in [5.41, 5.74) is -2.70. The molecule has 2 unspecified atom stereocenters. The van der Waals surface area contributed by atoms with Crippen molar-refractivity contribution in [3.63, 3.8) is 0 Å². The molecule has 3 nitrogen and oxygen atoms in total. The van der Waals surface area contributed by atoms with Crippen molar-refractivity contribution in [3.8, 4) is 33.8 Å². The van der Waals surface area contributed by atoms with E-state index in [2.05, 4.69) is 0 Å². The third kappa shape index (κ3) is 8.28. The molecule has 3 aromatic carbocycles.